The fraction of sp³-hybridized carbons (Fsp3) is 0.118. The summed E-state index contributed by atoms with van der Waals surface area (Å²) in [6.07, 6.45) is 2.19. The largest absolute Gasteiger partial charge is 0.508 e. The van der Waals surface area contributed by atoms with Gasteiger partial charge in [0.15, 0.2) is 0 Å². The Labute approximate surface area is 227 Å². The summed E-state index contributed by atoms with van der Waals surface area (Å²) < 4.78 is 0. The van der Waals surface area contributed by atoms with Gasteiger partial charge in [0.2, 0.25) is 0 Å². The van der Waals surface area contributed by atoms with Gasteiger partial charge < -0.3 is 25.5 Å². The predicted molar refractivity (Wildman–Crippen MR) is 152 cm³/mol. The smallest absolute Gasteiger partial charge is 0.119 e. The van der Waals surface area contributed by atoms with Gasteiger partial charge in [-0.25, -0.2) is 0 Å². The van der Waals surface area contributed by atoms with Gasteiger partial charge in [0.25, 0.3) is 0 Å². The van der Waals surface area contributed by atoms with Crippen LogP contribution in [-0.2, 0) is 25.7 Å². The summed E-state index contributed by atoms with van der Waals surface area (Å²) in [6, 6.07) is 30.5. The third kappa shape index (κ3) is 6.51. The van der Waals surface area contributed by atoms with Crippen LogP contribution in [0.3, 0.4) is 0 Å². The highest BCUT2D eigenvalue weighted by Crippen LogP contribution is 2.29. The predicted octanol–water partition coefficient (Wildman–Crippen LogP) is 6.58. The highest BCUT2D eigenvalue weighted by molar-refractivity contribution is 5.47. The molecule has 0 saturated heterocycles. The van der Waals surface area contributed by atoms with E-state index in [2.05, 4.69) is 0 Å². The van der Waals surface area contributed by atoms with Crippen LogP contribution in [0.25, 0.3) is 0 Å². The Morgan fingerprint density at radius 1 is 0.308 bits per heavy atom. The number of rotatable bonds is 8. The monoisotopic (exact) mass is 518 g/mol. The maximum atomic E-state index is 10.6. The molecule has 0 heterocycles. The van der Waals surface area contributed by atoms with Crippen LogP contribution < -0.4 is 0 Å². The summed E-state index contributed by atoms with van der Waals surface area (Å²) in [5, 5.41) is 50.6. The van der Waals surface area contributed by atoms with Crippen molar-refractivity contribution >= 4 is 0 Å². The molecule has 5 N–H and O–H groups in total. The van der Waals surface area contributed by atoms with Crippen LogP contribution in [0.5, 0.6) is 28.7 Å². The zero-order valence-electron chi connectivity index (χ0n) is 21.4. The third-order valence-corrected chi connectivity index (χ3v) is 6.90. The second-order valence-corrected chi connectivity index (χ2v) is 9.93. The second-order valence-electron chi connectivity index (χ2n) is 9.93. The summed E-state index contributed by atoms with van der Waals surface area (Å²) in [7, 11) is 0. The minimum Gasteiger partial charge on any atom is -0.508 e. The van der Waals surface area contributed by atoms with Crippen LogP contribution in [0.1, 0.15) is 44.5 Å². The van der Waals surface area contributed by atoms with Crippen molar-refractivity contribution in [3.8, 4) is 28.7 Å². The fourth-order valence-corrected chi connectivity index (χ4v) is 4.79. The first-order valence-electron chi connectivity index (χ1n) is 12.8. The maximum Gasteiger partial charge on any atom is 0.119 e. The van der Waals surface area contributed by atoms with E-state index < -0.39 is 0 Å². The number of hydrogen-bond acceptors (Lipinski definition) is 5. The van der Waals surface area contributed by atoms with E-state index in [0.717, 1.165) is 44.5 Å². The van der Waals surface area contributed by atoms with Crippen molar-refractivity contribution in [1.29, 1.82) is 0 Å². The van der Waals surface area contributed by atoms with Crippen molar-refractivity contribution in [3.63, 3.8) is 0 Å². The number of benzene rings is 5. The van der Waals surface area contributed by atoms with Gasteiger partial charge in [-0.2, -0.15) is 0 Å². The van der Waals surface area contributed by atoms with E-state index in [1.807, 2.05) is 60.7 Å². The Morgan fingerprint density at radius 3 is 0.974 bits per heavy atom. The molecular weight excluding hydrogens is 488 g/mol. The molecule has 0 aliphatic heterocycles. The Hall–Kier alpha value is -4.90. The van der Waals surface area contributed by atoms with E-state index in [9.17, 15) is 25.5 Å². The van der Waals surface area contributed by atoms with Gasteiger partial charge in [0.05, 0.1) is 0 Å². The Balaban J connectivity index is 1.33. The quantitative estimate of drug-likeness (QED) is 0.160. The van der Waals surface area contributed by atoms with Crippen LogP contribution in [0.15, 0.2) is 103 Å². The molecule has 5 rings (SSSR count). The van der Waals surface area contributed by atoms with Gasteiger partial charge in [0.1, 0.15) is 28.7 Å². The molecule has 0 saturated carbocycles. The number of aromatic hydroxyl groups is 5. The van der Waals surface area contributed by atoms with Crippen LogP contribution in [0.2, 0.25) is 0 Å². The zero-order chi connectivity index (χ0) is 27.4. The van der Waals surface area contributed by atoms with Crippen molar-refractivity contribution in [3.05, 3.63) is 148 Å². The van der Waals surface area contributed by atoms with Crippen LogP contribution in [0, 0.1) is 0 Å². The minimum atomic E-state index is 0.192. The lowest BCUT2D eigenvalue weighted by atomic mass is 9.95. The average molecular weight is 519 g/mol. The van der Waals surface area contributed by atoms with Crippen molar-refractivity contribution in [2.24, 2.45) is 0 Å². The molecule has 0 unspecified atom stereocenters. The van der Waals surface area contributed by atoms with Crippen LogP contribution in [-0.4, -0.2) is 25.5 Å². The zero-order valence-corrected chi connectivity index (χ0v) is 21.4. The van der Waals surface area contributed by atoms with Crippen molar-refractivity contribution < 1.29 is 25.5 Å². The van der Waals surface area contributed by atoms with Gasteiger partial charge in [-0.3, -0.25) is 0 Å². The van der Waals surface area contributed by atoms with E-state index in [1.165, 1.54) is 0 Å². The molecule has 0 atom stereocenters. The lowest BCUT2D eigenvalue weighted by molar-refractivity contribution is 0.468. The van der Waals surface area contributed by atoms with Gasteiger partial charge in [-0.05, 0) is 93.4 Å². The molecule has 0 aromatic heterocycles. The van der Waals surface area contributed by atoms with E-state index >= 15 is 0 Å². The molecule has 5 heteroatoms. The molecule has 0 spiro atoms. The van der Waals surface area contributed by atoms with Gasteiger partial charge >= 0.3 is 0 Å². The van der Waals surface area contributed by atoms with Gasteiger partial charge in [-0.1, -0.05) is 60.7 Å². The summed E-state index contributed by atoms with van der Waals surface area (Å²) in [4.78, 5) is 0. The molecule has 0 amide bonds. The van der Waals surface area contributed by atoms with E-state index in [-0.39, 0.29) is 28.7 Å². The van der Waals surface area contributed by atoms with E-state index in [4.69, 9.17) is 0 Å². The highest BCUT2D eigenvalue weighted by Gasteiger charge is 2.11. The molecule has 39 heavy (non-hydrogen) atoms. The molecule has 5 aromatic rings. The summed E-state index contributed by atoms with van der Waals surface area (Å²) in [5.74, 6) is 1.04. The molecule has 0 radical (unpaired) electrons. The third-order valence-electron chi connectivity index (χ3n) is 6.90. The molecule has 5 nitrogen and oxygen atoms in total. The second kappa shape index (κ2) is 11.2. The first-order valence-corrected chi connectivity index (χ1v) is 12.8. The Bertz CT molecular complexity index is 1590. The van der Waals surface area contributed by atoms with E-state index in [0.29, 0.717) is 25.7 Å². The molecule has 0 aliphatic carbocycles. The van der Waals surface area contributed by atoms with Gasteiger partial charge in [-0.15, -0.1) is 0 Å². The lowest BCUT2D eigenvalue weighted by Crippen LogP contribution is -1.97. The maximum absolute atomic E-state index is 10.6. The lowest BCUT2D eigenvalue weighted by Gasteiger charge is -2.12. The molecule has 0 fully saturated rings. The number of phenolic OH excluding ortho intramolecular Hbond substituents is 5. The standard InChI is InChI=1S/C34H30O5/c35-30-8-1-22(2-9-30)15-24-5-12-33(38)28(17-24)19-26-7-14-34(39)29(21-26)20-25-6-13-32(37)27(18-25)16-23-3-10-31(36)11-4-23/h1-14,17-18,21,35-39H,15-16,19-20H2. The normalized spacial score (nSPS) is 11.0. The Morgan fingerprint density at radius 2 is 0.590 bits per heavy atom. The van der Waals surface area contributed by atoms with Crippen molar-refractivity contribution in [2.45, 2.75) is 25.7 Å². The summed E-state index contributed by atoms with van der Waals surface area (Å²) in [6.45, 7) is 0. The molecule has 196 valence electrons. The summed E-state index contributed by atoms with van der Waals surface area (Å²) >= 11 is 0. The first-order chi connectivity index (χ1) is 18.8. The molecule has 0 bridgehead atoms. The van der Waals surface area contributed by atoms with Crippen molar-refractivity contribution in [2.75, 3.05) is 0 Å². The molecule has 0 aliphatic rings. The topological polar surface area (TPSA) is 101 Å². The minimum absolute atomic E-state index is 0.192. The first kappa shape index (κ1) is 25.7. The van der Waals surface area contributed by atoms with Crippen LogP contribution >= 0.6 is 0 Å². The number of hydrogen-bond donors (Lipinski definition) is 5. The number of phenols is 5. The molecule has 5 aromatic carbocycles. The van der Waals surface area contributed by atoms with Crippen LogP contribution in [0.4, 0.5) is 0 Å². The average Bonchev–Trinajstić information content (AvgIpc) is 2.92. The highest BCUT2D eigenvalue weighted by atomic mass is 16.3. The van der Waals surface area contributed by atoms with E-state index in [1.54, 1.807) is 42.5 Å². The Kier molecular flexibility index (Phi) is 7.41. The van der Waals surface area contributed by atoms with Crippen molar-refractivity contribution in [1.82, 2.24) is 0 Å². The fourth-order valence-electron chi connectivity index (χ4n) is 4.79. The summed E-state index contributed by atoms with van der Waals surface area (Å²) in [5.41, 5.74) is 7.32. The van der Waals surface area contributed by atoms with Gasteiger partial charge in [0, 0.05) is 19.3 Å². The SMILES string of the molecule is Oc1ccc(Cc2ccc(O)c(Cc3ccc(O)c(Cc4ccc(O)c(Cc5ccc(O)cc5)c4)c3)c2)cc1. The molecular formula is C34H30O5.